The van der Waals surface area contributed by atoms with Crippen LogP contribution in [0.2, 0.25) is 5.02 Å². The Balaban J connectivity index is 3.03. The highest BCUT2D eigenvalue weighted by molar-refractivity contribution is 9.10. The molecular formula is C14H19BrClN. The van der Waals surface area contributed by atoms with Crippen LogP contribution in [0.1, 0.15) is 38.8 Å². The number of hydrogen-bond donors (Lipinski definition) is 1. The van der Waals surface area contributed by atoms with Gasteiger partial charge in [-0.1, -0.05) is 42.3 Å². The van der Waals surface area contributed by atoms with Gasteiger partial charge < -0.3 is 5.32 Å². The van der Waals surface area contributed by atoms with Gasteiger partial charge in [0.25, 0.3) is 0 Å². The molecule has 1 aromatic carbocycles. The SMILES string of the molecule is CCCNC(C=C(C)C)c1cccc(Br)c1Cl. The van der Waals surface area contributed by atoms with E-state index in [2.05, 4.69) is 54.2 Å². The molecule has 1 rings (SSSR count). The Hall–Kier alpha value is -0.310. The molecule has 0 aliphatic heterocycles. The summed E-state index contributed by atoms with van der Waals surface area (Å²) in [4.78, 5) is 0. The monoisotopic (exact) mass is 315 g/mol. The summed E-state index contributed by atoms with van der Waals surface area (Å²) in [5.41, 5.74) is 2.41. The third-order valence-electron chi connectivity index (χ3n) is 2.43. The first-order chi connectivity index (χ1) is 8.06. The van der Waals surface area contributed by atoms with Gasteiger partial charge in [0.05, 0.1) is 11.1 Å². The van der Waals surface area contributed by atoms with Gasteiger partial charge in [-0.05, 0) is 54.4 Å². The second kappa shape index (κ2) is 7.20. The highest BCUT2D eigenvalue weighted by atomic mass is 79.9. The topological polar surface area (TPSA) is 12.0 Å². The van der Waals surface area contributed by atoms with Crippen LogP contribution < -0.4 is 5.32 Å². The molecular weight excluding hydrogens is 298 g/mol. The number of hydrogen-bond acceptors (Lipinski definition) is 1. The molecule has 17 heavy (non-hydrogen) atoms. The molecule has 1 nitrogen and oxygen atoms in total. The van der Waals surface area contributed by atoms with Crippen LogP contribution >= 0.6 is 27.5 Å². The van der Waals surface area contributed by atoms with E-state index in [-0.39, 0.29) is 6.04 Å². The van der Waals surface area contributed by atoms with Gasteiger partial charge in [-0.25, -0.2) is 0 Å². The number of rotatable bonds is 5. The molecule has 0 saturated heterocycles. The normalized spacial score (nSPS) is 12.3. The maximum Gasteiger partial charge on any atom is 0.0599 e. The van der Waals surface area contributed by atoms with E-state index in [1.807, 2.05) is 12.1 Å². The summed E-state index contributed by atoms with van der Waals surface area (Å²) < 4.78 is 0.946. The van der Waals surface area contributed by atoms with E-state index in [1.165, 1.54) is 5.57 Å². The van der Waals surface area contributed by atoms with E-state index in [1.54, 1.807) is 0 Å². The first-order valence-electron chi connectivity index (χ1n) is 5.88. The lowest BCUT2D eigenvalue weighted by molar-refractivity contribution is 0.610. The van der Waals surface area contributed by atoms with E-state index >= 15 is 0 Å². The van der Waals surface area contributed by atoms with Gasteiger partial charge >= 0.3 is 0 Å². The molecule has 94 valence electrons. The fourth-order valence-corrected chi connectivity index (χ4v) is 2.28. The zero-order valence-electron chi connectivity index (χ0n) is 10.6. The van der Waals surface area contributed by atoms with Crippen molar-refractivity contribution in [2.45, 2.75) is 33.2 Å². The van der Waals surface area contributed by atoms with Crippen molar-refractivity contribution in [3.8, 4) is 0 Å². The molecule has 1 N–H and O–H groups in total. The van der Waals surface area contributed by atoms with Gasteiger partial charge in [0.1, 0.15) is 0 Å². The van der Waals surface area contributed by atoms with Crippen LogP contribution in [0.25, 0.3) is 0 Å². The fourth-order valence-electron chi connectivity index (χ4n) is 1.65. The van der Waals surface area contributed by atoms with Crippen LogP contribution in [0, 0.1) is 0 Å². The minimum absolute atomic E-state index is 0.185. The molecule has 1 unspecified atom stereocenters. The van der Waals surface area contributed by atoms with Gasteiger partial charge in [-0.3, -0.25) is 0 Å². The highest BCUT2D eigenvalue weighted by Gasteiger charge is 2.12. The van der Waals surface area contributed by atoms with E-state index in [9.17, 15) is 0 Å². The summed E-state index contributed by atoms with van der Waals surface area (Å²) in [5, 5.41) is 4.29. The molecule has 0 spiro atoms. The number of benzene rings is 1. The minimum atomic E-state index is 0.185. The van der Waals surface area contributed by atoms with Gasteiger partial charge in [0.2, 0.25) is 0 Å². The van der Waals surface area contributed by atoms with Crippen molar-refractivity contribution in [2.75, 3.05) is 6.54 Å². The van der Waals surface area contributed by atoms with Crippen LogP contribution in [0.4, 0.5) is 0 Å². The van der Waals surface area contributed by atoms with Crippen LogP contribution in [0.15, 0.2) is 34.3 Å². The molecule has 3 heteroatoms. The Morgan fingerprint density at radius 2 is 2.18 bits per heavy atom. The summed E-state index contributed by atoms with van der Waals surface area (Å²) in [7, 11) is 0. The van der Waals surface area contributed by atoms with Gasteiger partial charge in [0.15, 0.2) is 0 Å². The molecule has 0 aromatic heterocycles. The maximum absolute atomic E-state index is 6.33. The standard InChI is InChI=1S/C14H19BrClN/c1-4-8-17-13(9-10(2)3)11-6-5-7-12(15)14(11)16/h5-7,9,13,17H,4,8H2,1-3H3. The summed E-state index contributed by atoms with van der Waals surface area (Å²) in [6, 6.07) is 6.24. The highest BCUT2D eigenvalue weighted by Crippen LogP contribution is 2.31. The first kappa shape index (κ1) is 14.7. The average Bonchev–Trinajstić information content (AvgIpc) is 2.28. The van der Waals surface area contributed by atoms with Crippen molar-refractivity contribution in [3.05, 3.63) is 44.9 Å². The summed E-state index contributed by atoms with van der Waals surface area (Å²) in [5.74, 6) is 0. The largest absolute Gasteiger partial charge is 0.307 e. The minimum Gasteiger partial charge on any atom is -0.307 e. The molecule has 0 bridgehead atoms. The Morgan fingerprint density at radius 1 is 1.47 bits per heavy atom. The van der Waals surface area contributed by atoms with Crippen LogP contribution in [-0.4, -0.2) is 6.54 Å². The summed E-state index contributed by atoms with van der Waals surface area (Å²) in [6.07, 6.45) is 3.32. The summed E-state index contributed by atoms with van der Waals surface area (Å²) in [6.45, 7) is 7.35. The predicted molar refractivity (Wildman–Crippen MR) is 79.6 cm³/mol. The summed E-state index contributed by atoms with van der Waals surface area (Å²) >= 11 is 9.80. The van der Waals surface area contributed by atoms with Gasteiger partial charge in [-0.2, -0.15) is 0 Å². The van der Waals surface area contributed by atoms with Crippen LogP contribution in [0.5, 0.6) is 0 Å². The second-order valence-corrected chi connectivity index (χ2v) is 5.55. The number of halogens is 2. The van der Waals surface area contributed by atoms with E-state index in [4.69, 9.17) is 11.6 Å². The zero-order chi connectivity index (χ0) is 12.8. The van der Waals surface area contributed by atoms with Crippen molar-refractivity contribution >= 4 is 27.5 Å². The predicted octanol–water partition coefficient (Wildman–Crippen LogP) is 5.11. The Bertz CT molecular complexity index is 397. The third-order valence-corrected chi connectivity index (χ3v) is 3.74. The lowest BCUT2D eigenvalue weighted by Crippen LogP contribution is -2.21. The van der Waals surface area contributed by atoms with Crippen molar-refractivity contribution in [2.24, 2.45) is 0 Å². The fraction of sp³-hybridized carbons (Fsp3) is 0.429. The smallest absolute Gasteiger partial charge is 0.0599 e. The average molecular weight is 317 g/mol. The first-order valence-corrected chi connectivity index (χ1v) is 7.05. The van der Waals surface area contributed by atoms with Gasteiger partial charge in [0, 0.05) is 4.47 Å². The van der Waals surface area contributed by atoms with Crippen molar-refractivity contribution in [1.82, 2.24) is 5.32 Å². The Kier molecular flexibility index (Phi) is 6.24. The molecule has 1 atom stereocenters. The molecule has 0 amide bonds. The molecule has 0 aliphatic rings. The van der Waals surface area contributed by atoms with E-state index in [0.717, 1.165) is 28.0 Å². The Labute approximate surface area is 117 Å². The molecule has 0 aliphatic carbocycles. The molecule has 1 aromatic rings. The van der Waals surface area contributed by atoms with Crippen molar-refractivity contribution in [1.29, 1.82) is 0 Å². The molecule has 0 radical (unpaired) electrons. The van der Waals surface area contributed by atoms with Crippen LogP contribution in [-0.2, 0) is 0 Å². The molecule has 0 saturated carbocycles. The second-order valence-electron chi connectivity index (χ2n) is 4.32. The lowest BCUT2D eigenvalue weighted by Gasteiger charge is -2.18. The van der Waals surface area contributed by atoms with Crippen molar-refractivity contribution < 1.29 is 0 Å². The van der Waals surface area contributed by atoms with Crippen LogP contribution in [0.3, 0.4) is 0 Å². The number of nitrogens with one attached hydrogen (secondary N) is 1. The third kappa shape index (κ3) is 4.46. The van der Waals surface area contributed by atoms with E-state index < -0.39 is 0 Å². The van der Waals surface area contributed by atoms with E-state index in [0.29, 0.717) is 0 Å². The Morgan fingerprint density at radius 3 is 2.76 bits per heavy atom. The lowest BCUT2D eigenvalue weighted by atomic mass is 10.0. The quantitative estimate of drug-likeness (QED) is 0.744. The number of allylic oxidation sites excluding steroid dienone is 1. The van der Waals surface area contributed by atoms with Gasteiger partial charge in [-0.15, -0.1) is 0 Å². The maximum atomic E-state index is 6.33. The molecule has 0 fully saturated rings. The molecule has 0 heterocycles. The zero-order valence-corrected chi connectivity index (χ0v) is 12.9. The van der Waals surface area contributed by atoms with Crippen molar-refractivity contribution in [3.63, 3.8) is 0 Å².